The Labute approximate surface area is 123 Å². The van der Waals surface area contributed by atoms with E-state index in [0.717, 1.165) is 0 Å². The zero-order valence-electron chi connectivity index (χ0n) is 12.4. The maximum Gasteiger partial charge on any atom is 0.224 e. The van der Waals surface area contributed by atoms with Crippen LogP contribution in [0.2, 0.25) is 0 Å². The molecule has 0 fully saturated rings. The molecule has 3 N–H and O–H groups in total. The smallest absolute Gasteiger partial charge is 0.224 e. The van der Waals surface area contributed by atoms with Crippen molar-refractivity contribution in [3.8, 4) is 0 Å². The fourth-order valence-corrected chi connectivity index (χ4v) is 1.49. The van der Waals surface area contributed by atoms with Gasteiger partial charge in [-0.2, -0.15) is 0 Å². The van der Waals surface area contributed by atoms with E-state index in [1.165, 1.54) is 12.4 Å². The number of nitrogens with zero attached hydrogens (tertiary/aromatic N) is 1. The first kappa shape index (κ1) is 16.6. The number of hydrogen-bond acceptors (Lipinski definition) is 4. The van der Waals surface area contributed by atoms with Crippen LogP contribution in [-0.2, 0) is 14.4 Å². The Morgan fingerprint density at radius 2 is 1.19 bits per heavy atom. The highest BCUT2D eigenvalue weighted by Crippen LogP contribution is 2.30. The molecule has 0 saturated carbocycles. The van der Waals surface area contributed by atoms with E-state index in [1.54, 1.807) is 20.8 Å². The number of carbonyl (C=O) groups is 3. The zero-order chi connectivity index (χ0) is 15.8. The molecule has 21 heavy (non-hydrogen) atoms. The van der Waals surface area contributed by atoms with Gasteiger partial charge in [0.25, 0.3) is 0 Å². The van der Waals surface area contributed by atoms with Crippen LogP contribution in [0.15, 0.2) is 12.4 Å². The Hall–Kier alpha value is -2.44. The molecule has 114 valence electrons. The minimum Gasteiger partial charge on any atom is -0.323 e. The largest absolute Gasteiger partial charge is 0.323 e. The molecule has 0 spiro atoms. The summed E-state index contributed by atoms with van der Waals surface area (Å²) in [5.74, 6) is -0.634. The van der Waals surface area contributed by atoms with Gasteiger partial charge in [0.15, 0.2) is 0 Å². The zero-order valence-corrected chi connectivity index (χ0v) is 12.4. The molecule has 0 aromatic carbocycles. The van der Waals surface area contributed by atoms with Gasteiger partial charge in [0.2, 0.25) is 17.7 Å². The quantitative estimate of drug-likeness (QED) is 0.747. The first-order valence-electron chi connectivity index (χ1n) is 6.89. The van der Waals surface area contributed by atoms with Crippen molar-refractivity contribution in [1.82, 2.24) is 4.98 Å². The van der Waals surface area contributed by atoms with Crippen LogP contribution in [0.1, 0.15) is 40.0 Å². The third-order valence-electron chi connectivity index (χ3n) is 2.72. The number of pyridine rings is 1. The van der Waals surface area contributed by atoms with Crippen LogP contribution in [0, 0.1) is 0 Å². The van der Waals surface area contributed by atoms with E-state index in [4.69, 9.17) is 0 Å². The highest BCUT2D eigenvalue weighted by atomic mass is 16.2. The average Bonchev–Trinajstić information content (AvgIpc) is 2.49. The van der Waals surface area contributed by atoms with E-state index < -0.39 is 0 Å². The third kappa shape index (κ3) is 4.87. The minimum atomic E-state index is -0.222. The van der Waals surface area contributed by atoms with E-state index >= 15 is 0 Å². The summed E-state index contributed by atoms with van der Waals surface area (Å²) in [6.07, 6.45) is 3.74. The number of carbonyl (C=O) groups excluding carboxylic acids is 3. The van der Waals surface area contributed by atoms with Gasteiger partial charge in [-0.1, -0.05) is 20.8 Å². The second-order valence-corrected chi connectivity index (χ2v) is 4.31. The van der Waals surface area contributed by atoms with Gasteiger partial charge in [0.1, 0.15) is 0 Å². The fourth-order valence-electron chi connectivity index (χ4n) is 1.49. The standard InChI is InChI=1S/C14H20N4O3/c1-4-11(19)16-9-7-15-8-10(17-12(20)5-2)14(9)18-13(21)6-3/h7-8H,4-6H2,1-3H3,(H,16,19)(H,17,20)(H,15,18,21). The van der Waals surface area contributed by atoms with Crippen LogP contribution in [0.5, 0.6) is 0 Å². The molecular formula is C14H20N4O3. The van der Waals surface area contributed by atoms with Gasteiger partial charge in [0, 0.05) is 19.3 Å². The minimum absolute atomic E-state index is 0.206. The average molecular weight is 292 g/mol. The van der Waals surface area contributed by atoms with Crippen LogP contribution in [-0.4, -0.2) is 22.7 Å². The van der Waals surface area contributed by atoms with Gasteiger partial charge in [-0.25, -0.2) is 0 Å². The summed E-state index contributed by atoms with van der Waals surface area (Å²) in [6.45, 7) is 5.15. The molecule has 0 aliphatic carbocycles. The molecule has 1 aromatic heterocycles. The topological polar surface area (TPSA) is 100 Å². The summed E-state index contributed by atoms with van der Waals surface area (Å²) in [4.78, 5) is 38.7. The van der Waals surface area contributed by atoms with Gasteiger partial charge < -0.3 is 16.0 Å². The van der Waals surface area contributed by atoms with E-state index in [-0.39, 0.29) is 24.1 Å². The van der Waals surface area contributed by atoms with Crippen molar-refractivity contribution in [2.45, 2.75) is 40.0 Å². The predicted octanol–water partition coefficient (Wildman–Crippen LogP) is 2.13. The maximum absolute atomic E-state index is 11.6. The number of amides is 3. The van der Waals surface area contributed by atoms with Crippen molar-refractivity contribution >= 4 is 34.8 Å². The Morgan fingerprint density at radius 3 is 1.57 bits per heavy atom. The Balaban J connectivity index is 3.16. The van der Waals surface area contributed by atoms with Crippen molar-refractivity contribution in [1.29, 1.82) is 0 Å². The highest BCUT2D eigenvalue weighted by molar-refractivity contribution is 6.05. The van der Waals surface area contributed by atoms with E-state index in [9.17, 15) is 14.4 Å². The van der Waals surface area contributed by atoms with E-state index in [1.807, 2.05) is 0 Å². The van der Waals surface area contributed by atoms with Crippen molar-refractivity contribution in [2.24, 2.45) is 0 Å². The number of rotatable bonds is 6. The van der Waals surface area contributed by atoms with Crippen LogP contribution in [0.25, 0.3) is 0 Å². The van der Waals surface area contributed by atoms with Crippen LogP contribution < -0.4 is 16.0 Å². The van der Waals surface area contributed by atoms with Gasteiger partial charge in [-0.15, -0.1) is 0 Å². The Bertz CT molecular complexity index is 507. The van der Waals surface area contributed by atoms with E-state index in [2.05, 4.69) is 20.9 Å². The molecule has 1 aromatic rings. The molecule has 1 rings (SSSR count). The number of nitrogens with one attached hydrogen (secondary N) is 3. The first-order valence-corrected chi connectivity index (χ1v) is 6.89. The van der Waals surface area contributed by atoms with Crippen LogP contribution in [0.4, 0.5) is 17.1 Å². The lowest BCUT2D eigenvalue weighted by molar-refractivity contribution is -0.116. The lowest BCUT2D eigenvalue weighted by atomic mass is 10.2. The summed E-state index contributed by atoms with van der Waals surface area (Å²) >= 11 is 0. The highest BCUT2D eigenvalue weighted by Gasteiger charge is 2.14. The fraction of sp³-hybridized carbons (Fsp3) is 0.429. The number of hydrogen-bond donors (Lipinski definition) is 3. The first-order chi connectivity index (χ1) is 10.0. The van der Waals surface area contributed by atoms with Crippen molar-refractivity contribution in [3.63, 3.8) is 0 Å². The van der Waals surface area contributed by atoms with Gasteiger partial charge in [0.05, 0.1) is 29.5 Å². The lowest BCUT2D eigenvalue weighted by Gasteiger charge is -2.16. The molecule has 3 amide bonds. The maximum atomic E-state index is 11.6. The normalized spacial score (nSPS) is 9.86. The summed E-state index contributed by atoms with van der Waals surface area (Å²) in [5, 5.41) is 7.99. The molecule has 0 atom stereocenters. The monoisotopic (exact) mass is 292 g/mol. The Morgan fingerprint density at radius 1 is 0.810 bits per heavy atom. The molecule has 0 bridgehead atoms. The van der Waals surface area contributed by atoms with Gasteiger partial charge in [-0.05, 0) is 0 Å². The molecule has 0 aliphatic heterocycles. The summed E-state index contributed by atoms with van der Waals surface area (Å²) in [6, 6.07) is 0. The molecule has 7 nitrogen and oxygen atoms in total. The van der Waals surface area contributed by atoms with Gasteiger partial charge >= 0.3 is 0 Å². The Kier molecular flexibility index (Phi) is 6.32. The number of anilines is 3. The molecule has 0 saturated heterocycles. The predicted molar refractivity (Wildman–Crippen MR) is 81.0 cm³/mol. The summed E-state index contributed by atoms with van der Waals surface area (Å²) in [5.41, 5.74) is 1.07. The van der Waals surface area contributed by atoms with Crippen molar-refractivity contribution in [2.75, 3.05) is 16.0 Å². The number of aromatic nitrogens is 1. The lowest BCUT2D eigenvalue weighted by Crippen LogP contribution is -2.18. The molecular weight excluding hydrogens is 272 g/mol. The summed E-state index contributed by atoms with van der Waals surface area (Å²) < 4.78 is 0. The molecule has 7 heteroatoms. The van der Waals surface area contributed by atoms with Crippen LogP contribution >= 0.6 is 0 Å². The van der Waals surface area contributed by atoms with Crippen molar-refractivity contribution in [3.05, 3.63) is 12.4 Å². The van der Waals surface area contributed by atoms with Crippen LogP contribution in [0.3, 0.4) is 0 Å². The molecule has 1 heterocycles. The van der Waals surface area contributed by atoms with Gasteiger partial charge in [-0.3, -0.25) is 19.4 Å². The second-order valence-electron chi connectivity index (χ2n) is 4.31. The van der Waals surface area contributed by atoms with E-state index in [0.29, 0.717) is 29.9 Å². The second kappa shape index (κ2) is 7.98. The molecule has 0 unspecified atom stereocenters. The molecule has 0 aliphatic rings. The van der Waals surface area contributed by atoms with Crippen molar-refractivity contribution < 1.29 is 14.4 Å². The third-order valence-corrected chi connectivity index (χ3v) is 2.72. The summed E-state index contributed by atoms with van der Waals surface area (Å²) in [7, 11) is 0. The SMILES string of the molecule is CCC(=O)Nc1cncc(NC(=O)CC)c1NC(=O)CC. The molecule has 0 radical (unpaired) electrons.